The van der Waals surface area contributed by atoms with Crippen molar-refractivity contribution in [3.8, 4) is 11.3 Å². The summed E-state index contributed by atoms with van der Waals surface area (Å²) in [5, 5.41) is 8.15. The first-order valence-corrected chi connectivity index (χ1v) is 13.7. The van der Waals surface area contributed by atoms with Gasteiger partial charge in [0.2, 0.25) is 5.91 Å². The number of anilines is 1. The number of halogens is 4. The topological polar surface area (TPSA) is 58.4 Å². The zero-order chi connectivity index (χ0) is 26.6. The first-order chi connectivity index (χ1) is 18.4. The van der Waals surface area contributed by atoms with Crippen LogP contribution in [0.1, 0.15) is 16.7 Å². The summed E-state index contributed by atoms with van der Waals surface area (Å²) in [4.78, 5) is 17.2. The van der Waals surface area contributed by atoms with E-state index in [0.29, 0.717) is 28.2 Å². The molecule has 3 aromatic carbocycles. The number of benzene rings is 3. The number of hydrogen-bond acceptors (Lipinski definition) is 3. The molecule has 2 aromatic heterocycles. The number of hydrogen-bond donors (Lipinski definition) is 2. The van der Waals surface area contributed by atoms with Crippen LogP contribution in [0.3, 0.4) is 0 Å². The Kier molecular flexibility index (Phi) is 8.24. The molecular formula is C29H22BrCl3N4O. The molecule has 0 saturated heterocycles. The van der Waals surface area contributed by atoms with Crippen LogP contribution in [0.5, 0.6) is 0 Å². The smallest absolute Gasteiger partial charge is 0.224 e. The van der Waals surface area contributed by atoms with E-state index >= 15 is 0 Å². The van der Waals surface area contributed by atoms with Crippen LogP contribution in [0.4, 0.5) is 5.82 Å². The van der Waals surface area contributed by atoms with E-state index < -0.39 is 0 Å². The summed E-state index contributed by atoms with van der Waals surface area (Å²) in [6.07, 6.45) is 2.16. The summed E-state index contributed by atoms with van der Waals surface area (Å²) in [5.41, 5.74) is 5.31. The zero-order valence-electron chi connectivity index (χ0n) is 20.0. The van der Waals surface area contributed by atoms with Gasteiger partial charge in [0, 0.05) is 46.0 Å². The maximum absolute atomic E-state index is 12.4. The molecule has 38 heavy (non-hydrogen) atoms. The molecule has 0 unspecified atom stereocenters. The van der Waals surface area contributed by atoms with Crippen molar-refractivity contribution in [1.82, 2.24) is 14.7 Å². The molecule has 5 rings (SSSR count). The monoisotopic (exact) mass is 626 g/mol. The van der Waals surface area contributed by atoms with E-state index in [4.69, 9.17) is 39.8 Å². The van der Waals surface area contributed by atoms with E-state index in [2.05, 4.69) is 26.6 Å². The molecule has 5 nitrogen and oxygen atoms in total. The Morgan fingerprint density at radius 3 is 2.34 bits per heavy atom. The highest BCUT2D eigenvalue weighted by Crippen LogP contribution is 2.31. The fourth-order valence-electron chi connectivity index (χ4n) is 4.06. The van der Waals surface area contributed by atoms with Gasteiger partial charge in [0.15, 0.2) is 5.65 Å². The van der Waals surface area contributed by atoms with Gasteiger partial charge in [0.1, 0.15) is 5.82 Å². The lowest BCUT2D eigenvalue weighted by molar-refractivity contribution is -0.120. The summed E-state index contributed by atoms with van der Waals surface area (Å²) >= 11 is 22.1. The van der Waals surface area contributed by atoms with Gasteiger partial charge in [-0.1, -0.05) is 83.3 Å². The Morgan fingerprint density at radius 1 is 0.868 bits per heavy atom. The van der Waals surface area contributed by atoms with Gasteiger partial charge in [-0.05, 0) is 56.9 Å². The van der Waals surface area contributed by atoms with Gasteiger partial charge in [0.05, 0.1) is 16.6 Å². The van der Waals surface area contributed by atoms with E-state index in [1.807, 2.05) is 71.3 Å². The summed E-state index contributed by atoms with van der Waals surface area (Å²) in [7, 11) is 0. The second-order valence-corrected chi connectivity index (χ2v) is 10.8. The largest absolute Gasteiger partial charge is 0.367 e. The van der Waals surface area contributed by atoms with Gasteiger partial charge < -0.3 is 10.6 Å². The van der Waals surface area contributed by atoms with E-state index in [0.717, 1.165) is 43.9 Å². The highest BCUT2D eigenvalue weighted by Gasteiger charge is 2.12. The lowest BCUT2D eigenvalue weighted by atomic mass is 10.1. The molecule has 0 fully saturated rings. The van der Waals surface area contributed by atoms with Crippen LogP contribution in [0.2, 0.25) is 15.1 Å². The Balaban J connectivity index is 1.24. The van der Waals surface area contributed by atoms with Crippen molar-refractivity contribution in [2.24, 2.45) is 0 Å². The van der Waals surface area contributed by atoms with Crippen molar-refractivity contribution in [3.63, 3.8) is 0 Å². The minimum atomic E-state index is -0.103. The second-order valence-electron chi connectivity index (χ2n) is 8.72. The predicted molar refractivity (Wildman–Crippen MR) is 159 cm³/mol. The third kappa shape index (κ3) is 6.16. The number of fused-ring (bicyclic) bond motifs is 1. The van der Waals surface area contributed by atoms with Crippen molar-refractivity contribution in [3.05, 3.63) is 121 Å². The Labute approximate surface area is 243 Å². The number of carbonyl (C=O) groups is 1. The van der Waals surface area contributed by atoms with Crippen molar-refractivity contribution >= 4 is 68.1 Å². The van der Waals surface area contributed by atoms with Crippen LogP contribution >= 0.6 is 50.7 Å². The van der Waals surface area contributed by atoms with Crippen molar-refractivity contribution in [2.75, 3.05) is 5.32 Å². The molecule has 0 aliphatic heterocycles. The van der Waals surface area contributed by atoms with E-state index in [1.54, 1.807) is 18.2 Å². The summed E-state index contributed by atoms with van der Waals surface area (Å²) in [6.45, 7) is 1.04. The molecule has 0 bridgehead atoms. The van der Waals surface area contributed by atoms with Crippen LogP contribution < -0.4 is 10.6 Å². The molecule has 0 atom stereocenters. The Morgan fingerprint density at radius 2 is 1.61 bits per heavy atom. The van der Waals surface area contributed by atoms with Crippen molar-refractivity contribution < 1.29 is 4.79 Å². The van der Waals surface area contributed by atoms with Gasteiger partial charge in [-0.25, -0.2) is 4.98 Å². The highest BCUT2D eigenvalue weighted by atomic mass is 79.9. The van der Waals surface area contributed by atoms with Crippen LogP contribution in [0, 0.1) is 0 Å². The normalized spacial score (nSPS) is 11.1. The van der Waals surface area contributed by atoms with Crippen LogP contribution in [0.25, 0.3) is 16.9 Å². The molecule has 0 aliphatic rings. The lowest BCUT2D eigenvalue weighted by Crippen LogP contribution is -2.24. The summed E-state index contributed by atoms with van der Waals surface area (Å²) in [5.74, 6) is 0.793. The van der Waals surface area contributed by atoms with Crippen molar-refractivity contribution in [2.45, 2.75) is 19.5 Å². The third-order valence-electron chi connectivity index (χ3n) is 6.07. The second kappa shape index (κ2) is 11.8. The van der Waals surface area contributed by atoms with E-state index in [9.17, 15) is 4.79 Å². The number of carbonyl (C=O) groups excluding carboxylic acids is 1. The fraction of sp³-hybridized carbons (Fsp3) is 0.103. The molecule has 9 heteroatoms. The number of aromatic nitrogens is 2. The third-order valence-corrected chi connectivity index (χ3v) is 7.61. The van der Waals surface area contributed by atoms with Crippen LogP contribution in [0.15, 0.2) is 89.5 Å². The first-order valence-electron chi connectivity index (χ1n) is 11.8. The minimum absolute atomic E-state index is 0.103. The lowest BCUT2D eigenvalue weighted by Gasteiger charge is -2.13. The van der Waals surface area contributed by atoms with Crippen molar-refractivity contribution in [1.29, 1.82) is 0 Å². The number of nitrogens with one attached hydrogen (secondary N) is 2. The molecule has 5 aromatic rings. The van der Waals surface area contributed by atoms with Gasteiger partial charge in [0.25, 0.3) is 0 Å². The molecule has 0 aliphatic carbocycles. The fourth-order valence-corrected chi connectivity index (χ4v) is 5.16. The number of rotatable bonds is 8. The molecule has 2 N–H and O–H groups in total. The molecule has 1 amide bonds. The SMILES string of the molecule is O=C(Cc1ccc(Cl)cc1Cl)NCc1ccc(CNc2cc(-c3ccccc3Cl)nc3c(Br)ccn23)cc1. The predicted octanol–water partition coefficient (Wildman–Crippen LogP) is 8.20. The van der Waals surface area contributed by atoms with Crippen LogP contribution in [-0.2, 0) is 24.3 Å². The maximum Gasteiger partial charge on any atom is 0.224 e. The summed E-state index contributed by atoms with van der Waals surface area (Å²) in [6, 6.07) is 24.9. The number of nitrogens with zero attached hydrogens (tertiary/aromatic N) is 2. The van der Waals surface area contributed by atoms with Gasteiger partial charge >= 0.3 is 0 Å². The molecule has 0 radical (unpaired) electrons. The van der Waals surface area contributed by atoms with E-state index in [1.165, 1.54) is 0 Å². The van der Waals surface area contributed by atoms with Crippen LogP contribution in [-0.4, -0.2) is 15.3 Å². The average molecular weight is 629 g/mol. The molecule has 0 spiro atoms. The van der Waals surface area contributed by atoms with Gasteiger partial charge in [-0.2, -0.15) is 0 Å². The number of amides is 1. The zero-order valence-corrected chi connectivity index (χ0v) is 23.9. The first kappa shape index (κ1) is 26.6. The van der Waals surface area contributed by atoms with Gasteiger partial charge in [-0.3, -0.25) is 9.20 Å². The highest BCUT2D eigenvalue weighted by molar-refractivity contribution is 9.10. The quantitative estimate of drug-likeness (QED) is 0.182. The molecule has 2 heterocycles. The maximum atomic E-state index is 12.4. The minimum Gasteiger partial charge on any atom is -0.367 e. The molecular weight excluding hydrogens is 607 g/mol. The molecule has 0 saturated carbocycles. The average Bonchev–Trinajstić information content (AvgIpc) is 3.29. The Bertz CT molecular complexity index is 1620. The standard InChI is InChI=1S/C29H22BrCl3N4O/c30-23-11-12-37-27(15-26(36-29(23)37)22-3-1-2-4-24(22)32)34-16-18-5-7-19(8-6-18)17-35-28(38)13-20-9-10-21(31)14-25(20)33/h1-12,14-15,34H,13,16-17H2,(H,35,38). The Hall–Kier alpha value is -3.03. The van der Waals surface area contributed by atoms with Gasteiger partial charge in [-0.15, -0.1) is 0 Å². The summed E-state index contributed by atoms with van der Waals surface area (Å²) < 4.78 is 2.90. The van der Waals surface area contributed by atoms with E-state index in [-0.39, 0.29) is 12.3 Å². The molecule has 192 valence electrons.